The van der Waals surface area contributed by atoms with Gasteiger partial charge in [-0.05, 0) is 58.2 Å². The van der Waals surface area contributed by atoms with Crippen molar-refractivity contribution < 1.29 is 18.7 Å². The molecule has 1 saturated carbocycles. The minimum Gasteiger partial charge on any atom is -0.444 e. The summed E-state index contributed by atoms with van der Waals surface area (Å²) < 4.78 is 18.2. The van der Waals surface area contributed by atoms with Gasteiger partial charge in [-0.15, -0.1) is 0 Å². The normalized spacial score (nSPS) is 30.7. The van der Waals surface area contributed by atoms with Crippen LogP contribution < -0.4 is 5.32 Å². The maximum Gasteiger partial charge on any atom is 0.407 e. The van der Waals surface area contributed by atoms with Crippen molar-refractivity contribution in [2.45, 2.75) is 109 Å². The van der Waals surface area contributed by atoms with E-state index in [4.69, 9.17) is 13.9 Å². The van der Waals surface area contributed by atoms with E-state index in [0.29, 0.717) is 0 Å². The Morgan fingerprint density at radius 2 is 1.80 bits per heavy atom. The Kier molecular flexibility index (Phi) is 5.68. The fraction of sp³-hybridized carbons (Fsp3) is 0.947. The molecule has 1 heterocycles. The molecule has 3 atom stereocenters. The first-order chi connectivity index (χ1) is 11.2. The minimum absolute atomic E-state index is 0.00786. The first-order valence-electron chi connectivity index (χ1n) is 9.54. The number of carbonyl (C=O) groups excluding carboxylic acids is 1. The molecule has 0 aromatic carbocycles. The number of ether oxygens (including phenoxy) is 2. The predicted octanol–water partition coefficient (Wildman–Crippen LogP) is 4.61. The lowest BCUT2D eigenvalue weighted by Crippen LogP contribution is -2.50. The molecule has 25 heavy (non-hydrogen) atoms. The summed E-state index contributed by atoms with van der Waals surface area (Å²) in [7, 11) is -1.92. The Morgan fingerprint density at radius 1 is 1.16 bits per heavy atom. The number of amides is 1. The molecule has 1 saturated heterocycles. The van der Waals surface area contributed by atoms with Crippen LogP contribution in [0, 0.1) is 0 Å². The van der Waals surface area contributed by atoms with Gasteiger partial charge in [0.15, 0.2) is 8.32 Å². The molecular weight excluding hydrogens is 334 g/mol. The molecule has 1 N–H and O–H groups in total. The summed E-state index contributed by atoms with van der Waals surface area (Å²) in [5, 5.41) is 3.20. The molecule has 1 spiro atoms. The molecule has 0 radical (unpaired) electrons. The van der Waals surface area contributed by atoms with Crippen LogP contribution in [0.2, 0.25) is 18.1 Å². The van der Waals surface area contributed by atoms with E-state index in [1.165, 1.54) is 0 Å². The average Bonchev–Trinajstić information content (AvgIpc) is 2.94. The van der Waals surface area contributed by atoms with Crippen LogP contribution in [0.3, 0.4) is 0 Å². The van der Waals surface area contributed by atoms with Gasteiger partial charge in [0.25, 0.3) is 0 Å². The lowest BCUT2D eigenvalue weighted by Gasteiger charge is -2.40. The van der Waals surface area contributed by atoms with Gasteiger partial charge in [-0.1, -0.05) is 20.8 Å². The van der Waals surface area contributed by atoms with Crippen molar-refractivity contribution in [3.8, 4) is 0 Å². The highest BCUT2D eigenvalue weighted by Gasteiger charge is 2.52. The molecule has 0 bridgehead atoms. The van der Waals surface area contributed by atoms with E-state index < -0.39 is 13.9 Å². The Balaban J connectivity index is 2.11. The van der Waals surface area contributed by atoms with Crippen molar-refractivity contribution in [1.29, 1.82) is 0 Å². The van der Waals surface area contributed by atoms with E-state index in [-0.39, 0.29) is 28.9 Å². The topological polar surface area (TPSA) is 56.8 Å². The Labute approximate surface area is 154 Å². The first kappa shape index (κ1) is 20.7. The van der Waals surface area contributed by atoms with Crippen LogP contribution in [0.1, 0.15) is 67.2 Å². The molecule has 1 aliphatic carbocycles. The van der Waals surface area contributed by atoms with Gasteiger partial charge in [0.05, 0.1) is 17.7 Å². The van der Waals surface area contributed by atoms with Crippen molar-refractivity contribution in [3.63, 3.8) is 0 Å². The van der Waals surface area contributed by atoms with E-state index in [2.05, 4.69) is 39.2 Å². The molecule has 1 amide bonds. The second kappa shape index (κ2) is 6.85. The SMILES string of the molecule is CC(C)(C)OC(=O)NC1CC2(CCCO2)CC1O[Si](C)(C)C(C)(C)C. The molecule has 0 aromatic rings. The van der Waals surface area contributed by atoms with Gasteiger partial charge in [0.1, 0.15) is 5.60 Å². The molecule has 1 aliphatic heterocycles. The van der Waals surface area contributed by atoms with Crippen LogP contribution in [0.25, 0.3) is 0 Å². The Hall–Kier alpha value is -0.593. The summed E-state index contributed by atoms with van der Waals surface area (Å²) in [6.07, 6.45) is 3.44. The van der Waals surface area contributed by atoms with E-state index in [0.717, 1.165) is 32.3 Å². The van der Waals surface area contributed by atoms with Crippen molar-refractivity contribution >= 4 is 14.4 Å². The monoisotopic (exact) mass is 371 g/mol. The second-order valence-corrected chi connectivity index (χ2v) is 15.0. The summed E-state index contributed by atoms with van der Waals surface area (Å²) in [5.74, 6) is 0. The van der Waals surface area contributed by atoms with Gasteiger partial charge in [0, 0.05) is 13.0 Å². The Bertz CT molecular complexity index is 487. The Morgan fingerprint density at radius 3 is 2.28 bits per heavy atom. The van der Waals surface area contributed by atoms with Gasteiger partial charge < -0.3 is 19.2 Å². The van der Waals surface area contributed by atoms with E-state index in [1.807, 2.05) is 20.8 Å². The maximum absolute atomic E-state index is 12.3. The number of hydrogen-bond donors (Lipinski definition) is 1. The molecule has 0 aromatic heterocycles. The average molecular weight is 372 g/mol. The van der Waals surface area contributed by atoms with Crippen LogP contribution in [-0.2, 0) is 13.9 Å². The van der Waals surface area contributed by atoms with Crippen molar-refractivity contribution in [3.05, 3.63) is 0 Å². The molecule has 2 rings (SSSR count). The summed E-state index contributed by atoms with van der Waals surface area (Å²) in [6.45, 7) is 17.7. The van der Waals surface area contributed by atoms with Crippen LogP contribution in [0.4, 0.5) is 4.79 Å². The van der Waals surface area contributed by atoms with Gasteiger partial charge in [-0.25, -0.2) is 4.79 Å². The number of nitrogens with one attached hydrogen (secondary N) is 1. The van der Waals surface area contributed by atoms with Gasteiger partial charge in [-0.3, -0.25) is 0 Å². The first-order valence-corrected chi connectivity index (χ1v) is 12.5. The second-order valence-electron chi connectivity index (χ2n) is 10.2. The van der Waals surface area contributed by atoms with Crippen LogP contribution in [-0.4, -0.2) is 44.4 Å². The summed E-state index contributed by atoms with van der Waals surface area (Å²) in [6, 6.07) is -0.0536. The fourth-order valence-corrected chi connectivity index (χ4v) is 4.84. The number of carbonyl (C=O) groups is 1. The molecular formula is C19H37NO4Si. The van der Waals surface area contributed by atoms with E-state index in [9.17, 15) is 4.79 Å². The molecule has 6 heteroatoms. The summed E-state index contributed by atoms with van der Waals surface area (Å²) >= 11 is 0. The van der Waals surface area contributed by atoms with Gasteiger partial charge in [-0.2, -0.15) is 0 Å². The lowest BCUT2D eigenvalue weighted by molar-refractivity contribution is 0.000975. The molecule has 3 unspecified atom stereocenters. The highest BCUT2D eigenvalue weighted by Crippen LogP contribution is 2.45. The van der Waals surface area contributed by atoms with Crippen molar-refractivity contribution in [1.82, 2.24) is 5.32 Å². The molecule has 2 aliphatic rings. The lowest BCUT2D eigenvalue weighted by atomic mass is 9.98. The van der Waals surface area contributed by atoms with E-state index in [1.54, 1.807) is 0 Å². The number of alkyl carbamates (subject to hydrolysis) is 1. The zero-order valence-electron chi connectivity index (χ0n) is 17.3. The fourth-order valence-electron chi connectivity index (χ4n) is 3.48. The smallest absolute Gasteiger partial charge is 0.407 e. The highest BCUT2D eigenvalue weighted by molar-refractivity contribution is 6.74. The van der Waals surface area contributed by atoms with Gasteiger partial charge in [0.2, 0.25) is 0 Å². The highest BCUT2D eigenvalue weighted by atomic mass is 28.4. The van der Waals surface area contributed by atoms with Crippen molar-refractivity contribution in [2.75, 3.05) is 6.61 Å². The largest absolute Gasteiger partial charge is 0.444 e. The summed E-state index contributed by atoms with van der Waals surface area (Å²) in [5.41, 5.74) is -0.632. The molecule has 5 nitrogen and oxygen atoms in total. The van der Waals surface area contributed by atoms with Crippen LogP contribution >= 0.6 is 0 Å². The van der Waals surface area contributed by atoms with Crippen molar-refractivity contribution in [2.24, 2.45) is 0 Å². The standard InChI is InChI=1S/C19H37NO4Si/c1-17(2,3)23-16(21)20-14-12-19(10-9-11-22-19)13-15(14)24-25(7,8)18(4,5)6/h14-15H,9-13H2,1-8H3,(H,20,21). The number of rotatable bonds is 3. The zero-order chi connectivity index (χ0) is 19.1. The summed E-state index contributed by atoms with van der Waals surface area (Å²) in [4.78, 5) is 12.3. The van der Waals surface area contributed by atoms with Crippen LogP contribution in [0.15, 0.2) is 0 Å². The minimum atomic E-state index is -1.92. The molecule has 146 valence electrons. The van der Waals surface area contributed by atoms with Crippen LogP contribution in [0.5, 0.6) is 0 Å². The van der Waals surface area contributed by atoms with E-state index >= 15 is 0 Å². The third-order valence-corrected chi connectivity index (χ3v) is 10.3. The quantitative estimate of drug-likeness (QED) is 0.736. The number of hydrogen-bond acceptors (Lipinski definition) is 4. The van der Waals surface area contributed by atoms with Gasteiger partial charge >= 0.3 is 6.09 Å². The molecule has 2 fully saturated rings. The third-order valence-electron chi connectivity index (χ3n) is 5.75. The third kappa shape index (κ3) is 5.20. The predicted molar refractivity (Wildman–Crippen MR) is 102 cm³/mol. The maximum atomic E-state index is 12.3. The zero-order valence-corrected chi connectivity index (χ0v) is 18.3.